The number of aryl methyl sites for hydroxylation is 1. The second kappa shape index (κ2) is 4.70. The third kappa shape index (κ3) is 2.08. The Kier molecular flexibility index (Phi) is 3.47. The summed E-state index contributed by atoms with van der Waals surface area (Å²) in [5.41, 5.74) is 4.30. The molecule has 1 N–H and O–H groups in total. The molecule has 0 aliphatic heterocycles. The fourth-order valence-corrected chi connectivity index (χ4v) is 3.26. The minimum atomic E-state index is -0.541. The quantitative estimate of drug-likeness (QED) is 0.880. The van der Waals surface area contributed by atoms with Crippen LogP contribution >= 0.6 is 27.3 Å². The lowest BCUT2D eigenvalue weighted by Gasteiger charge is -2.14. The van der Waals surface area contributed by atoms with Crippen molar-refractivity contribution >= 4 is 27.3 Å². The molecule has 0 fully saturated rings. The second-order valence-electron chi connectivity index (χ2n) is 3.87. The van der Waals surface area contributed by atoms with E-state index in [0.717, 1.165) is 21.2 Å². The Bertz CT molecular complexity index is 504. The molecule has 2 rings (SSSR count). The zero-order valence-electron chi connectivity index (χ0n) is 9.20. The number of hydrogen-bond donors (Lipinski definition) is 1. The molecule has 1 atom stereocenters. The van der Waals surface area contributed by atoms with E-state index in [1.165, 1.54) is 5.56 Å². The Morgan fingerprint density at radius 2 is 1.94 bits per heavy atom. The summed E-state index contributed by atoms with van der Waals surface area (Å²) in [5, 5.41) is 14.3. The van der Waals surface area contributed by atoms with Crippen LogP contribution in [-0.4, -0.2) is 5.11 Å². The first kappa shape index (κ1) is 11.8. The predicted octanol–water partition coefficient (Wildman–Crippen LogP) is 4.21. The Morgan fingerprint density at radius 1 is 1.19 bits per heavy atom. The minimum absolute atomic E-state index is 0.541. The van der Waals surface area contributed by atoms with E-state index in [9.17, 15) is 5.11 Å². The summed E-state index contributed by atoms with van der Waals surface area (Å²) in [6, 6.07) is 6.03. The number of halogens is 1. The van der Waals surface area contributed by atoms with E-state index in [1.54, 1.807) is 11.3 Å². The highest BCUT2D eigenvalue weighted by molar-refractivity contribution is 9.10. The molecule has 1 nitrogen and oxygen atoms in total. The number of benzene rings is 1. The van der Waals surface area contributed by atoms with Gasteiger partial charge in [0.1, 0.15) is 6.10 Å². The summed E-state index contributed by atoms with van der Waals surface area (Å²) < 4.78 is 0.978. The van der Waals surface area contributed by atoms with Crippen molar-refractivity contribution in [3.05, 3.63) is 55.7 Å². The first-order chi connectivity index (χ1) is 7.61. The summed E-state index contributed by atoms with van der Waals surface area (Å²) in [7, 11) is 0. The van der Waals surface area contributed by atoms with E-state index < -0.39 is 6.10 Å². The van der Waals surface area contributed by atoms with E-state index in [0.29, 0.717) is 0 Å². The van der Waals surface area contributed by atoms with Gasteiger partial charge in [-0.05, 0) is 51.8 Å². The molecule has 0 radical (unpaired) electrons. The van der Waals surface area contributed by atoms with Crippen LogP contribution in [0.5, 0.6) is 0 Å². The zero-order chi connectivity index (χ0) is 11.7. The van der Waals surface area contributed by atoms with Crippen molar-refractivity contribution in [3.8, 4) is 0 Å². The molecule has 1 aromatic heterocycles. The lowest BCUT2D eigenvalue weighted by atomic mass is 9.96. The molecular formula is C13H13BrOS. The molecule has 0 spiro atoms. The number of aliphatic hydroxyl groups is 1. The van der Waals surface area contributed by atoms with Gasteiger partial charge >= 0.3 is 0 Å². The van der Waals surface area contributed by atoms with Gasteiger partial charge in [-0.3, -0.25) is 0 Å². The average molecular weight is 297 g/mol. The highest BCUT2D eigenvalue weighted by Gasteiger charge is 2.16. The fourth-order valence-electron chi connectivity index (χ4n) is 1.72. The second-order valence-corrected chi connectivity index (χ2v) is 5.46. The summed E-state index contributed by atoms with van der Waals surface area (Å²) in [4.78, 5) is 0. The smallest absolute Gasteiger partial charge is 0.106 e. The van der Waals surface area contributed by atoms with E-state index >= 15 is 0 Å². The maximum absolute atomic E-state index is 10.3. The van der Waals surface area contributed by atoms with Crippen molar-refractivity contribution in [2.24, 2.45) is 0 Å². The van der Waals surface area contributed by atoms with Crippen molar-refractivity contribution in [2.45, 2.75) is 20.0 Å². The van der Waals surface area contributed by atoms with Crippen LogP contribution in [0.3, 0.4) is 0 Å². The first-order valence-electron chi connectivity index (χ1n) is 5.07. The van der Waals surface area contributed by atoms with Crippen molar-refractivity contribution in [1.82, 2.24) is 0 Å². The van der Waals surface area contributed by atoms with Gasteiger partial charge in [0.25, 0.3) is 0 Å². The van der Waals surface area contributed by atoms with Gasteiger partial charge in [-0.1, -0.05) is 18.2 Å². The van der Waals surface area contributed by atoms with Crippen LogP contribution in [0, 0.1) is 13.8 Å². The third-order valence-electron chi connectivity index (χ3n) is 2.88. The van der Waals surface area contributed by atoms with Gasteiger partial charge in [0.2, 0.25) is 0 Å². The van der Waals surface area contributed by atoms with Crippen LogP contribution in [0.2, 0.25) is 0 Å². The highest BCUT2D eigenvalue weighted by atomic mass is 79.9. The Morgan fingerprint density at radius 3 is 2.56 bits per heavy atom. The molecule has 2 aromatic rings. The molecule has 3 heteroatoms. The molecule has 1 aromatic carbocycles. The maximum Gasteiger partial charge on any atom is 0.106 e. The molecule has 84 valence electrons. The van der Waals surface area contributed by atoms with Crippen LogP contribution in [0.25, 0.3) is 0 Å². The van der Waals surface area contributed by atoms with Gasteiger partial charge in [-0.15, -0.1) is 0 Å². The van der Waals surface area contributed by atoms with Gasteiger partial charge in [-0.25, -0.2) is 0 Å². The molecule has 0 aliphatic rings. The highest BCUT2D eigenvalue weighted by Crippen LogP contribution is 2.33. The van der Waals surface area contributed by atoms with Gasteiger partial charge in [0.15, 0.2) is 0 Å². The average Bonchev–Trinajstić information content (AvgIpc) is 2.68. The lowest BCUT2D eigenvalue weighted by Crippen LogP contribution is -2.02. The number of aliphatic hydroxyl groups excluding tert-OH is 1. The number of hydrogen-bond acceptors (Lipinski definition) is 2. The zero-order valence-corrected chi connectivity index (χ0v) is 11.6. The SMILES string of the molecule is Cc1cccc(C(O)c2cscc2Br)c1C. The molecule has 16 heavy (non-hydrogen) atoms. The van der Waals surface area contributed by atoms with Gasteiger partial charge in [0, 0.05) is 15.4 Å². The Hall–Kier alpha value is -0.640. The molecule has 1 unspecified atom stereocenters. The van der Waals surface area contributed by atoms with Gasteiger partial charge in [0.05, 0.1) is 0 Å². The lowest BCUT2D eigenvalue weighted by molar-refractivity contribution is 0.219. The van der Waals surface area contributed by atoms with Crippen LogP contribution in [0.1, 0.15) is 28.4 Å². The number of thiophene rings is 1. The summed E-state index contributed by atoms with van der Waals surface area (Å²) in [6.45, 7) is 4.11. The van der Waals surface area contributed by atoms with Crippen molar-refractivity contribution in [2.75, 3.05) is 0 Å². The molecule has 1 heterocycles. The molecule has 0 saturated carbocycles. The molecule has 0 bridgehead atoms. The van der Waals surface area contributed by atoms with Crippen molar-refractivity contribution in [1.29, 1.82) is 0 Å². The van der Waals surface area contributed by atoms with E-state index in [4.69, 9.17) is 0 Å². The Labute approximate surface area is 108 Å². The molecule has 0 saturated heterocycles. The van der Waals surface area contributed by atoms with Gasteiger partial charge in [-0.2, -0.15) is 11.3 Å². The van der Waals surface area contributed by atoms with Crippen molar-refractivity contribution in [3.63, 3.8) is 0 Å². The van der Waals surface area contributed by atoms with Gasteiger partial charge < -0.3 is 5.11 Å². The van der Waals surface area contributed by atoms with Crippen LogP contribution in [-0.2, 0) is 0 Å². The largest absolute Gasteiger partial charge is 0.384 e. The minimum Gasteiger partial charge on any atom is -0.384 e. The predicted molar refractivity (Wildman–Crippen MR) is 72.0 cm³/mol. The monoisotopic (exact) mass is 296 g/mol. The summed E-state index contributed by atoms with van der Waals surface area (Å²) in [5.74, 6) is 0. The van der Waals surface area contributed by atoms with E-state index in [-0.39, 0.29) is 0 Å². The standard InChI is InChI=1S/C13H13BrOS/c1-8-4-3-5-10(9(8)2)13(15)11-6-16-7-12(11)14/h3-7,13,15H,1-2H3. The summed E-state index contributed by atoms with van der Waals surface area (Å²) in [6.07, 6.45) is -0.541. The molecular weight excluding hydrogens is 284 g/mol. The van der Waals surface area contributed by atoms with Crippen LogP contribution in [0.15, 0.2) is 33.4 Å². The molecule has 0 amide bonds. The van der Waals surface area contributed by atoms with E-state index in [1.807, 2.05) is 29.8 Å². The number of rotatable bonds is 2. The van der Waals surface area contributed by atoms with E-state index in [2.05, 4.69) is 28.9 Å². The third-order valence-corrected chi connectivity index (χ3v) is 4.63. The Balaban J connectivity index is 2.46. The topological polar surface area (TPSA) is 20.2 Å². The summed E-state index contributed by atoms with van der Waals surface area (Å²) >= 11 is 5.05. The van der Waals surface area contributed by atoms with Crippen molar-refractivity contribution < 1.29 is 5.11 Å². The fraction of sp³-hybridized carbons (Fsp3) is 0.231. The first-order valence-corrected chi connectivity index (χ1v) is 6.80. The maximum atomic E-state index is 10.3. The molecule has 0 aliphatic carbocycles. The normalized spacial score (nSPS) is 12.8. The van der Waals surface area contributed by atoms with Crippen LogP contribution < -0.4 is 0 Å². The van der Waals surface area contributed by atoms with Crippen LogP contribution in [0.4, 0.5) is 0 Å².